The van der Waals surface area contributed by atoms with Gasteiger partial charge >= 0.3 is 0 Å². The molecular formula is C13H17NO3. The first-order valence-electron chi connectivity index (χ1n) is 5.41. The zero-order valence-electron chi connectivity index (χ0n) is 10.5. The second kappa shape index (κ2) is 5.48. The summed E-state index contributed by atoms with van der Waals surface area (Å²) in [5.74, 6) is 0.127. The van der Waals surface area contributed by atoms with Gasteiger partial charge in [0.1, 0.15) is 5.75 Å². The molecule has 0 aromatic heterocycles. The number of methoxy groups -OCH3 is 1. The summed E-state index contributed by atoms with van der Waals surface area (Å²) in [5.41, 5.74) is 1.41. The van der Waals surface area contributed by atoms with E-state index in [1.807, 2.05) is 13.0 Å². The monoisotopic (exact) mass is 235 g/mol. The molecule has 0 saturated heterocycles. The highest BCUT2D eigenvalue weighted by molar-refractivity contribution is 5.99. The zero-order valence-corrected chi connectivity index (χ0v) is 10.5. The van der Waals surface area contributed by atoms with Gasteiger partial charge < -0.3 is 10.1 Å². The average Bonchev–Trinajstić information content (AvgIpc) is 2.28. The number of carbonyl (C=O) groups excluding carboxylic acids is 2. The molecule has 0 aliphatic rings. The Labute approximate surface area is 101 Å². The number of hydrogen-bond acceptors (Lipinski definition) is 3. The van der Waals surface area contributed by atoms with Gasteiger partial charge in [-0.2, -0.15) is 0 Å². The Kier molecular flexibility index (Phi) is 4.26. The van der Waals surface area contributed by atoms with Gasteiger partial charge in [-0.15, -0.1) is 0 Å². The molecule has 0 heterocycles. The lowest BCUT2D eigenvalue weighted by Gasteiger charge is -2.13. The molecule has 0 fully saturated rings. The molecule has 0 aliphatic carbocycles. The van der Waals surface area contributed by atoms with Crippen LogP contribution in [-0.4, -0.2) is 24.8 Å². The van der Waals surface area contributed by atoms with E-state index in [1.54, 1.807) is 19.1 Å². The van der Waals surface area contributed by atoms with Crippen molar-refractivity contribution in [1.82, 2.24) is 5.32 Å². The van der Waals surface area contributed by atoms with Gasteiger partial charge in [-0.1, -0.05) is 11.6 Å². The van der Waals surface area contributed by atoms with E-state index in [1.165, 1.54) is 14.0 Å². The smallest absolute Gasteiger partial charge is 0.255 e. The van der Waals surface area contributed by atoms with Gasteiger partial charge in [-0.05, 0) is 32.9 Å². The van der Waals surface area contributed by atoms with Gasteiger partial charge in [0.05, 0.1) is 18.7 Å². The molecule has 0 aliphatic heterocycles. The first-order valence-corrected chi connectivity index (χ1v) is 5.41. The summed E-state index contributed by atoms with van der Waals surface area (Å²) in [6.07, 6.45) is 0. The van der Waals surface area contributed by atoms with Crippen molar-refractivity contribution in [1.29, 1.82) is 0 Å². The molecule has 1 N–H and O–H groups in total. The van der Waals surface area contributed by atoms with Crippen molar-refractivity contribution >= 4 is 11.7 Å². The Hall–Kier alpha value is -1.84. The van der Waals surface area contributed by atoms with Crippen molar-refractivity contribution in [3.63, 3.8) is 0 Å². The molecular weight excluding hydrogens is 218 g/mol. The van der Waals surface area contributed by atoms with Gasteiger partial charge in [0.15, 0.2) is 5.78 Å². The summed E-state index contributed by atoms with van der Waals surface area (Å²) < 4.78 is 5.12. The Bertz CT molecular complexity index is 440. The van der Waals surface area contributed by atoms with Crippen molar-refractivity contribution in [3.8, 4) is 5.75 Å². The third kappa shape index (κ3) is 3.31. The molecule has 0 bridgehead atoms. The predicted octanol–water partition coefficient (Wildman–Crippen LogP) is 1.71. The highest BCUT2D eigenvalue weighted by Gasteiger charge is 2.16. The van der Waals surface area contributed by atoms with Crippen LogP contribution in [0.5, 0.6) is 5.75 Å². The molecule has 4 nitrogen and oxygen atoms in total. The Morgan fingerprint density at radius 3 is 2.53 bits per heavy atom. The van der Waals surface area contributed by atoms with Crippen LogP contribution in [0.3, 0.4) is 0 Å². The van der Waals surface area contributed by atoms with Crippen LogP contribution in [0, 0.1) is 6.92 Å². The van der Waals surface area contributed by atoms with E-state index in [2.05, 4.69) is 5.32 Å². The fraction of sp³-hybridized carbons (Fsp3) is 0.385. The lowest BCUT2D eigenvalue weighted by atomic mass is 10.1. The van der Waals surface area contributed by atoms with Crippen LogP contribution in [0.2, 0.25) is 0 Å². The second-order valence-corrected chi connectivity index (χ2v) is 4.01. The summed E-state index contributed by atoms with van der Waals surface area (Å²) in [4.78, 5) is 23.0. The lowest BCUT2D eigenvalue weighted by molar-refractivity contribution is -0.118. The van der Waals surface area contributed by atoms with Crippen LogP contribution < -0.4 is 10.1 Å². The van der Waals surface area contributed by atoms with E-state index < -0.39 is 6.04 Å². The number of amides is 1. The number of ketones is 1. The van der Waals surface area contributed by atoms with E-state index >= 15 is 0 Å². The van der Waals surface area contributed by atoms with Gasteiger partial charge in [-0.3, -0.25) is 9.59 Å². The molecule has 0 radical (unpaired) electrons. The number of aryl methyl sites for hydroxylation is 1. The molecule has 0 spiro atoms. The van der Waals surface area contributed by atoms with Crippen LogP contribution in [0.4, 0.5) is 0 Å². The SMILES string of the molecule is COc1ccc(C)cc1C(=O)NC(C)C(C)=O. The molecule has 0 saturated carbocycles. The molecule has 92 valence electrons. The Balaban J connectivity index is 2.95. The van der Waals surface area contributed by atoms with Gasteiger partial charge in [0, 0.05) is 0 Å². The van der Waals surface area contributed by atoms with E-state index in [-0.39, 0.29) is 11.7 Å². The molecule has 1 unspecified atom stereocenters. The summed E-state index contributed by atoms with van der Waals surface area (Å²) in [7, 11) is 1.51. The van der Waals surface area contributed by atoms with Crippen LogP contribution >= 0.6 is 0 Å². The van der Waals surface area contributed by atoms with Crippen molar-refractivity contribution in [2.24, 2.45) is 0 Å². The Morgan fingerprint density at radius 2 is 2.00 bits per heavy atom. The minimum atomic E-state index is -0.493. The minimum absolute atomic E-state index is 0.0787. The van der Waals surface area contributed by atoms with Crippen LogP contribution in [0.25, 0.3) is 0 Å². The summed E-state index contributed by atoms with van der Waals surface area (Å²) in [5, 5.41) is 2.63. The second-order valence-electron chi connectivity index (χ2n) is 4.01. The van der Waals surface area contributed by atoms with Crippen LogP contribution in [-0.2, 0) is 4.79 Å². The maximum absolute atomic E-state index is 11.9. The van der Waals surface area contributed by atoms with Crippen LogP contribution in [0.15, 0.2) is 18.2 Å². The molecule has 17 heavy (non-hydrogen) atoms. The number of ether oxygens (including phenoxy) is 1. The molecule has 1 atom stereocenters. The number of carbonyl (C=O) groups is 2. The molecule has 4 heteroatoms. The van der Waals surface area contributed by atoms with Gasteiger partial charge in [-0.25, -0.2) is 0 Å². The third-order valence-electron chi connectivity index (χ3n) is 2.56. The predicted molar refractivity (Wildman–Crippen MR) is 65.3 cm³/mol. The van der Waals surface area contributed by atoms with E-state index in [4.69, 9.17) is 4.74 Å². The van der Waals surface area contributed by atoms with E-state index in [0.717, 1.165) is 5.56 Å². The van der Waals surface area contributed by atoms with Crippen molar-refractivity contribution in [3.05, 3.63) is 29.3 Å². The fourth-order valence-corrected chi connectivity index (χ4v) is 1.38. The molecule has 1 aromatic carbocycles. The van der Waals surface area contributed by atoms with E-state index in [0.29, 0.717) is 11.3 Å². The summed E-state index contributed by atoms with van der Waals surface area (Å²) in [6.45, 7) is 4.99. The third-order valence-corrected chi connectivity index (χ3v) is 2.56. The number of benzene rings is 1. The van der Waals surface area contributed by atoms with E-state index in [9.17, 15) is 9.59 Å². The van der Waals surface area contributed by atoms with Crippen molar-refractivity contribution < 1.29 is 14.3 Å². The highest BCUT2D eigenvalue weighted by atomic mass is 16.5. The molecule has 1 aromatic rings. The normalized spacial score (nSPS) is 11.8. The van der Waals surface area contributed by atoms with Crippen LogP contribution in [0.1, 0.15) is 29.8 Å². The van der Waals surface area contributed by atoms with Gasteiger partial charge in [0.25, 0.3) is 5.91 Å². The summed E-state index contributed by atoms with van der Waals surface area (Å²) >= 11 is 0. The van der Waals surface area contributed by atoms with Crippen molar-refractivity contribution in [2.45, 2.75) is 26.8 Å². The highest BCUT2D eigenvalue weighted by Crippen LogP contribution is 2.19. The quantitative estimate of drug-likeness (QED) is 0.864. The molecule has 1 rings (SSSR count). The standard InChI is InChI=1S/C13H17NO3/c1-8-5-6-12(17-4)11(7-8)13(16)14-9(2)10(3)15/h5-7,9H,1-4H3,(H,14,16). The van der Waals surface area contributed by atoms with Crippen molar-refractivity contribution in [2.75, 3.05) is 7.11 Å². The first kappa shape index (κ1) is 13.2. The average molecular weight is 235 g/mol. The maximum atomic E-state index is 11.9. The lowest BCUT2D eigenvalue weighted by Crippen LogP contribution is -2.37. The number of hydrogen-bond donors (Lipinski definition) is 1. The number of Topliss-reactive ketones (excluding diaryl/α,β-unsaturated/α-hetero) is 1. The topological polar surface area (TPSA) is 55.4 Å². The van der Waals surface area contributed by atoms with Gasteiger partial charge in [0.2, 0.25) is 0 Å². The minimum Gasteiger partial charge on any atom is -0.496 e. The largest absolute Gasteiger partial charge is 0.496 e. The maximum Gasteiger partial charge on any atom is 0.255 e. The summed E-state index contributed by atoms with van der Waals surface area (Å²) in [6, 6.07) is 4.85. The Morgan fingerprint density at radius 1 is 1.35 bits per heavy atom. The number of nitrogens with one attached hydrogen (secondary N) is 1. The molecule has 1 amide bonds. The fourth-order valence-electron chi connectivity index (χ4n) is 1.38. The zero-order chi connectivity index (χ0) is 13.0. The number of rotatable bonds is 4. The first-order chi connectivity index (χ1) is 7.95.